The predicted molar refractivity (Wildman–Crippen MR) is 73.4 cm³/mol. The van der Waals surface area contributed by atoms with Gasteiger partial charge in [-0.25, -0.2) is 4.79 Å². The van der Waals surface area contributed by atoms with Crippen molar-refractivity contribution in [3.8, 4) is 0 Å². The van der Waals surface area contributed by atoms with Crippen molar-refractivity contribution >= 4 is 17.6 Å². The number of nitrogens with zero attached hydrogens (tertiary/aromatic N) is 1. The van der Waals surface area contributed by atoms with Crippen LogP contribution in [0.5, 0.6) is 0 Å². The molecule has 1 heterocycles. The zero-order chi connectivity index (χ0) is 13.9. The highest BCUT2D eigenvalue weighted by molar-refractivity contribution is 6.30. The first kappa shape index (κ1) is 14.3. The Morgan fingerprint density at radius 1 is 1.37 bits per heavy atom. The minimum atomic E-state index is -0.992. The minimum absolute atomic E-state index is 0.504. The summed E-state index contributed by atoms with van der Waals surface area (Å²) in [6.45, 7) is 4.30. The summed E-state index contributed by atoms with van der Waals surface area (Å²) in [5.74, 6) is -0.820. The molecule has 0 amide bonds. The van der Waals surface area contributed by atoms with E-state index in [4.69, 9.17) is 16.3 Å². The molecule has 5 heteroatoms. The molecule has 1 atom stereocenters. The zero-order valence-corrected chi connectivity index (χ0v) is 11.7. The van der Waals surface area contributed by atoms with Crippen LogP contribution in [-0.4, -0.2) is 42.3 Å². The van der Waals surface area contributed by atoms with E-state index in [2.05, 4.69) is 0 Å². The molecule has 104 valence electrons. The van der Waals surface area contributed by atoms with E-state index in [1.165, 1.54) is 0 Å². The third-order valence-electron chi connectivity index (χ3n) is 3.74. The van der Waals surface area contributed by atoms with Gasteiger partial charge in [0.25, 0.3) is 0 Å². The summed E-state index contributed by atoms with van der Waals surface area (Å²) in [4.78, 5) is 13.9. The fourth-order valence-electron chi connectivity index (χ4n) is 2.69. The van der Waals surface area contributed by atoms with Gasteiger partial charge in [0.2, 0.25) is 0 Å². The maximum Gasteiger partial charge on any atom is 0.328 e. The molecule has 1 aromatic rings. The number of rotatable bonds is 4. The second-order valence-electron chi connectivity index (χ2n) is 4.63. The Bertz CT molecular complexity index is 443. The smallest absolute Gasteiger partial charge is 0.328 e. The third-order valence-corrected chi connectivity index (χ3v) is 3.99. The highest BCUT2D eigenvalue weighted by Gasteiger charge is 2.44. The first-order valence-corrected chi connectivity index (χ1v) is 6.81. The van der Waals surface area contributed by atoms with Crippen LogP contribution in [0.1, 0.15) is 18.9 Å². The van der Waals surface area contributed by atoms with Gasteiger partial charge < -0.3 is 9.84 Å². The standard InChI is InChI=1S/C14H18ClNO3/c1-2-14(13(17)18,16-7-9-19-10-8-16)11-3-5-12(15)6-4-11/h3-6H,2,7-10H2,1H3,(H,17,18). The van der Waals surface area contributed by atoms with Gasteiger partial charge in [-0.05, 0) is 24.1 Å². The van der Waals surface area contributed by atoms with Gasteiger partial charge in [0.05, 0.1) is 13.2 Å². The van der Waals surface area contributed by atoms with E-state index < -0.39 is 11.5 Å². The molecule has 0 aromatic heterocycles. The summed E-state index contributed by atoms with van der Waals surface area (Å²) >= 11 is 5.89. The Morgan fingerprint density at radius 3 is 2.42 bits per heavy atom. The molecule has 1 N–H and O–H groups in total. The van der Waals surface area contributed by atoms with Crippen LogP contribution in [-0.2, 0) is 15.1 Å². The van der Waals surface area contributed by atoms with Crippen molar-refractivity contribution in [1.82, 2.24) is 4.90 Å². The normalized spacial score (nSPS) is 19.9. The Hall–Kier alpha value is -1.10. The molecule has 1 aliphatic heterocycles. The summed E-state index contributed by atoms with van der Waals surface area (Å²) in [7, 11) is 0. The number of hydrogen-bond donors (Lipinski definition) is 1. The van der Waals surface area contributed by atoms with Crippen LogP contribution in [0.25, 0.3) is 0 Å². The van der Waals surface area contributed by atoms with Crippen molar-refractivity contribution in [3.63, 3.8) is 0 Å². The van der Waals surface area contributed by atoms with Crippen molar-refractivity contribution in [2.24, 2.45) is 0 Å². The van der Waals surface area contributed by atoms with E-state index in [1.54, 1.807) is 24.3 Å². The molecule has 0 saturated carbocycles. The second-order valence-corrected chi connectivity index (χ2v) is 5.06. The van der Waals surface area contributed by atoms with Crippen molar-refractivity contribution in [1.29, 1.82) is 0 Å². The molecule has 0 aliphatic carbocycles. The number of carboxylic acid groups (broad SMARTS) is 1. The van der Waals surface area contributed by atoms with Gasteiger partial charge in [-0.2, -0.15) is 0 Å². The summed E-state index contributed by atoms with van der Waals surface area (Å²) in [6.07, 6.45) is 0.504. The summed E-state index contributed by atoms with van der Waals surface area (Å²) < 4.78 is 5.32. The number of benzene rings is 1. The summed E-state index contributed by atoms with van der Waals surface area (Å²) in [6, 6.07) is 7.08. The van der Waals surface area contributed by atoms with Crippen molar-refractivity contribution in [3.05, 3.63) is 34.9 Å². The number of halogens is 1. The molecule has 19 heavy (non-hydrogen) atoms. The molecule has 0 bridgehead atoms. The van der Waals surface area contributed by atoms with Crippen LogP contribution in [0.4, 0.5) is 0 Å². The predicted octanol–water partition coefficient (Wildman–Crippen LogP) is 2.36. The van der Waals surface area contributed by atoms with Gasteiger partial charge in [0.15, 0.2) is 0 Å². The lowest BCUT2D eigenvalue weighted by atomic mass is 9.85. The van der Waals surface area contributed by atoms with Gasteiger partial charge in [-0.1, -0.05) is 30.7 Å². The number of aliphatic carboxylic acids is 1. The first-order valence-electron chi connectivity index (χ1n) is 6.43. The van der Waals surface area contributed by atoms with Crippen molar-refractivity contribution in [2.45, 2.75) is 18.9 Å². The Labute approximate surface area is 117 Å². The monoisotopic (exact) mass is 283 g/mol. The highest BCUT2D eigenvalue weighted by atomic mass is 35.5. The van der Waals surface area contributed by atoms with E-state index in [9.17, 15) is 9.90 Å². The largest absolute Gasteiger partial charge is 0.480 e. The van der Waals surface area contributed by atoms with Gasteiger partial charge in [0, 0.05) is 18.1 Å². The van der Waals surface area contributed by atoms with E-state index >= 15 is 0 Å². The molecule has 1 aliphatic rings. The summed E-state index contributed by atoms with van der Waals surface area (Å²) in [5.41, 5.74) is -0.220. The lowest BCUT2D eigenvalue weighted by molar-refractivity contribution is -0.156. The van der Waals surface area contributed by atoms with Crippen LogP contribution in [0.15, 0.2) is 24.3 Å². The Morgan fingerprint density at radius 2 is 1.95 bits per heavy atom. The number of carboxylic acids is 1. The first-order chi connectivity index (χ1) is 9.11. The molecule has 1 unspecified atom stereocenters. The Balaban J connectivity index is 2.43. The van der Waals surface area contributed by atoms with Gasteiger partial charge in [0.1, 0.15) is 5.54 Å². The average molecular weight is 284 g/mol. The van der Waals surface area contributed by atoms with Crippen LogP contribution in [0.2, 0.25) is 5.02 Å². The van der Waals surface area contributed by atoms with Crippen molar-refractivity contribution in [2.75, 3.05) is 26.3 Å². The fourth-order valence-corrected chi connectivity index (χ4v) is 2.82. The molecule has 1 saturated heterocycles. The number of morpholine rings is 1. The lowest BCUT2D eigenvalue weighted by Crippen LogP contribution is -2.55. The van der Waals surface area contributed by atoms with Crippen LogP contribution in [0, 0.1) is 0 Å². The molecule has 1 fully saturated rings. The topological polar surface area (TPSA) is 49.8 Å². The quantitative estimate of drug-likeness (QED) is 0.922. The van der Waals surface area contributed by atoms with Gasteiger partial charge in [-0.3, -0.25) is 4.90 Å². The SMILES string of the molecule is CCC(C(=O)O)(c1ccc(Cl)cc1)N1CCOCC1. The molecular weight excluding hydrogens is 266 g/mol. The van der Waals surface area contributed by atoms with Crippen LogP contribution >= 0.6 is 11.6 Å². The molecule has 4 nitrogen and oxygen atoms in total. The number of carbonyl (C=O) groups is 1. The number of hydrogen-bond acceptors (Lipinski definition) is 3. The maximum atomic E-state index is 11.9. The minimum Gasteiger partial charge on any atom is -0.480 e. The third kappa shape index (κ3) is 2.61. The fraction of sp³-hybridized carbons (Fsp3) is 0.500. The lowest BCUT2D eigenvalue weighted by Gasteiger charge is -2.42. The van der Waals surface area contributed by atoms with Gasteiger partial charge >= 0.3 is 5.97 Å². The summed E-state index contributed by atoms with van der Waals surface area (Å²) in [5, 5.41) is 10.4. The highest BCUT2D eigenvalue weighted by Crippen LogP contribution is 2.34. The van der Waals surface area contributed by atoms with E-state index in [0.29, 0.717) is 37.7 Å². The second kappa shape index (κ2) is 5.90. The van der Waals surface area contributed by atoms with E-state index in [0.717, 1.165) is 5.56 Å². The van der Waals surface area contributed by atoms with Gasteiger partial charge in [-0.15, -0.1) is 0 Å². The molecule has 2 rings (SSSR count). The molecule has 0 spiro atoms. The van der Waals surface area contributed by atoms with Crippen LogP contribution < -0.4 is 0 Å². The molecular formula is C14H18ClNO3. The van der Waals surface area contributed by atoms with E-state index in [1.807, 2.05) is 11.8 Å². The van der Waals surface area contributed by atoms with Crippen molar-refractivity contribution < 1.29 is 14.6 Å². The molecule has 0 radical (unpaired) electrons. The molecule has 1 aromatic carbocycles. The zero-order valence-electron chi connectivity index (χ0n) is 10.9. The average Bonchev–Trinajstić information content (AvgIpc) is 2.43. The maximum absolute atomic E-state index is 11.9. The Kier molecular flexibility index (Phi) is 4.45. The number of ether oxygens (including phenoxy) is 1. The van der Waals surface area contributed by atoms with Crippen LogP contribution in [0.3, 0.4) is 0 Å². The van der Waals surface area contributed by atoms with E-state index in [-0.39, 0.29) is 0 Å².